The fourth-order valence-electron chi connectivity index (χ4n) is 5.00. The van der Waals surface area contributed by atoms with Crippen LogP contribution in [0.1, 0.15) is 46.2 Å². The van der Waals surface area contributed by atoms with E-state index < -0.39 is 0 Å². The first kappa shape index (κ1) is 24.1. The lowest BCUT2D eigenvalue weighted by Crippen LogP contribution is -2.38. The molecule has 1 fully saturated rings. The van der Waals surface area contributed by atoms with Crippen molar-refractivity contribution in [1.29, 1.82) is 0 Å². The minimum Gasteiger partial charge on any atom is -0.361 e. The quantitative estimate of drug-likeness (QED) is 0.484. The summed E-state index contributed by atoms with van der Waals surface area (Å²) >= 11 is 0. The second-order valence-corrected chi connectivity index (χ2v) is 9.65. The van der Waals surface area contributed by atoms with E-state index in [-0.39, 0.29) is 18.0 Å². The van der Waals surface area contributed by atoms with Gasteiger partial charge in [0.25, 0.3) is 0 Å². The van der Waals surface area contributed by atoms with Crippen molar-refractivity contribution in [2.24, 2.45) is 0 Å². The van der Waals surface area contributed by atoms with E-state index in [4.69, 9.17) is 0 Å². The molecule has 9 heteroatoms. The number of anilines is 4. The summed E-state index contributed by atoms with van der Waals surface area (Å²) in [6.45, 7) is 11.7. The lowest BCUT2D eigenvalue weighted by Gasteiger charge is -2.28. The zero-order chi connectivity index (χ0) is 25.2. The van der Waals surface area contributed by atoms with Crippen LogP contribution in [0.5, 0.6) is 0 Å². The molecule has 1 aromatic carbocycles. The molecule has 0 radical (unpaired) electrons. The van der Waals surface area contributed by atoms with Crippen LogP contribution < -0.4 is 15.5 Å². The molecule has 4 heterocycles. The maximum Gasteiger partial charge on any atom is 0.150 e. The molecule has 8 nitrogen and oxygen atoms in total. The predicted molar refractivity (Wildman–Crippen MR) is 143 cm³/mol. The normalized spacial score (nSPS) is 17.8. The van der Waals surface area contributed by atoms with Crippen LogP contribution in [0.25, 0.3) is 17.3 Å². The van der Waals surface area contributed by atoms with Crippen LogP contribution in [0.3, 0.4) is 0 Å². The summed E-state index contributed by atoms with van der Waals surface area (Å²) in [5.41, 5.74) is 4.98. The lowest BCUT2D eigenvalue weighted by molar-refractivity contribution is 0.270. The Bertz CT molecular complexity index is 1250. The highest BCUT2D eigenvalue weighted by molar-refractivity contribution is 5.82. The molecule has 5 rings (SSSR count). The van der Waals surface area contributed by atoms with Gasteiger partial charge in [0.2, 0.25) is 0 Å². The van der Waals surface area contributed by atoms with E-state index in [2.05, 4.69) is 67.2 Å². The van der Waals surface area contributed by atoms with Gasteiger partial charge >= 0.3 is 0 Å². The summed E-state index contributed by atoms with van der Waals surface area (Å²) in [6.07, 6.45) is 9.27. The smallest absolute Gasteiger partial charge is 0.150 e. The molecule has 0 aliphatic carbocycles. The predicted octanol–water partition coefficient (Wildman–Crippen LogP) is 5.30. The Hall–Kier alpha value is -3.59. The van der Waals surface area contributed by atoms with Gasteiger partial charge in [-0.25, -0.2) is 19.3 Å². The lowest BCUT2D eigenvalue weighted by atomic mass is 10.0. The zero-order valence-corrected chi connectivity index (χ0v) is 21.3. The van der Waals surface area contributed by atoms with Crippen LogP contribution in [0, 0.1) is 5.82 Å². The summed E-state index contributed by atoms with van der Waals surface area (Å²) < 4.78 is 15.0. The van der Waals surface area contributed by atoms with Gasteiger partial charge in [-0.05, 0) is 58.4 Å². The fourth-order valence-corrected chi connectivity index (χ4v) is 5.00. The third-order valence-corrected chi connectivity index (χ3v) is 6.86. The monoisotopic (exact) mass is 488 g/mol. The van der Waals surface area contributed by atoms with Crippen molar-refractivity contribution in [3.63, 3.8) is 0 Å². The van der Waals surface area contributed by atoms with Crippen LogP contribution in [0.4, 0.5) is 27.4 Å². The highest BCUT2D eigenvalue weighted by Crippen LogP contribution is 2.41. The summed E-state index contributed by atoms with van der Waals surface area (Å²) in [6, 6.07) is 5.52. The standard InChI is InChI=1S/C27H33FN8/c1-5-35-8-6-19(7-9-35)10-21-14-30-26(15-29-21)34-25-13-23(31-16-32-25)20-11-22(28)27-24(12-20)36(17(2)3)18(4)33-27/h10-18,33H,5-9H2,1-4H3,(H,30,31,32,34). The maximum absolute atomic E-state index is 15.0. The number of likely N-dealkylation sites (tertiary alicyclic amines) is 1. The molecule has 0 saturated carbocycles. The molecule has 0 bridgehead atoms. The van der Waals surface area contributed by atoms with Crippen molar-refractivity contribution in [3.05, 3.63) is 54.0 Å². The van der Waals surface area contributed by atoms with Gasteiger partial charge in [-0.15, -0.1) is 0 Å². The molecule has 2 aromatic heterocycles. The fraction of sp³-hybridized carbons (Fsp3) is 0.407. The van der Waals surface area contributed by atoms with Crippen molar-refractivity contribution >= 4 is 29.1 Å². The Morgan fingerprint density at radius 3 is 2.58 bits per heavy atom. The largest absolute Gasteiger partial charge is 0.361 e. The van der Waals surface area contributed by atoms with Crippen molar-refractivity contribution in [1.82, 2.24) is 24.8 Å². The Kier molecular flexibility index (Phi) is 6.82. The Morgan fingerprint density at radius 1 is 1.08 bits per heavy atom. The van der Waals surface area contributed by atoms with Gasteiger partial charge in [0.15, 0.2) is 0 Å². The third kappa shape index (κ3) is 5.02. The number of rotatable bonds is 6. The van der Waals surface area contributed by atoms with E-state index in [1.54, 1.807) is 18.5 Å². The molecule has 0 amide bonds. The van der Waals surface area contributed by atoms with Gasteiger partial charge in [-0.2, -0.15) is 0 Å². The van der Waals surface area contributed by atoms with E-state index in [9.17, 15) is 4.39 Å². The summed E-state index contributed by atoms with van der Waals surface area (Å²) in [5.74, 6) is 0.869. The van der Waals surface area contributed by atoms with E-state index in [1.807, 2.05) is 13.0 Å². The molecular weight excluding hydrogens is 455 g/mol. The first-order chi connectivity index (χ1) is 17.4. The van der Waals surface area contributed by atoms with Crippen molar-refractivity contribution < 1.29 is 4.39 Å². The average molecular weight is 489 g/mol. The highest BCUT2D eigenvalue weighted by Gasteiger charge is 2.30. The average Bonchev–Trinajstić information content (AvgIpc) is 3.22. The number of nitrogens with one attached hydrogen (secondary N) is 2. The number of halogens is 1. The minimum atomic E-state index is -0.290. The number of hydrogen-bond donors (Lipinski definition) is 2. The van der Waals surface area contributed by atoms with Gasteiger partial charge in [0.05, 0.1) is 41.3 Å². The second-order valence-electron chi connectivity index (χ2n) is 9.65. The van der Waals surface area contributed by atoms with Crippen molar-refractivity contribution in [2.75, 3.05) is 35.2 Å². The summed E-state index contributed by atoms with van der Waals surface area (Å²) in [5, 5.41) is 6.43. The van der Waals surface area contributed by atoms with Crippen LogP contribution in [0.15, 0.2) is 42.5 Å². The topological polar surface area (TPSA) is 82.1 Å². The molecule has 2 N–H and O–H groups in total. The third-order valence-electron chi connectivity index (χ3n) is 6.86. The Balaban J connectivity index is 1.32. The van der Waals surface area contributed by atoms with Crippen molar-refractivity contribution in [2.45, 2.75) is 52.7 Å². The molecule has 3 aromatic rings. The number of piperidine rings is 1. The first-order valence-electron chi connectivity index (χ1n) is 12.6. The van der Waals surface area contributed by atoms with Gasteiger partial charge in [-0.1, -0.05) is 12.5 Å². The van der Waals surface area contributed by atoms with Gasteiger partial charge in [0, 0.05) is 30.8 Å². The van der Waals surface area contributed by atoms with Crippen LogP contribution in [-0.4, -0.2) is 56.7 Å². The van der Waals surface area contributed by atoms with Crippen LogP contribution in [0.2, 0.25) is 0 Å². The molecule has 2 aliphatic heterocycles. The number of nitrogens with zero attached hydrogens (tertiary/aromatic N) is 6. The molecule has 1 atom stereocenters. The van der Waals surface area contributed by atoms with E-state index in [0.717, 1.165) is 43.9 Å². The van der Waals surface area contributed by atoms with Crippen LogP contribution >= 0.6 is 0 Å². The van der Waals surface area contributed by atoms with Crippen LogP contribution in [-0.2, 0) is 0 Å². The molecular formula is C27H33FN8. The number of benzene rings is 1. The number of fused-ring (bicyclic) bond motifs is 1. The zero-order valence-electron chi connectivity index (χ0n) is 21.3. The molecule has 1 saturated heterocycles. The molecule has 2 aliphatic rings. The first-order valence-corrected chi connectivity index (χ1v) is 12.6. The number of aromatic nitrogens is 4. The summed E-state index contributed by atoms with van der Waals surface area (Å²) in [4.78, 5) is 22.4. The number of hydrogen-bond acceptors (Lipinski definition) is 8. The Morgan fingerprint density at radius 2 is 1.89 bits per heavy atom. The van der Waals surface area contributed by atoms with Crippen molar-refractivity contribution in [3.8, 4) is 11.3 Å². The highest BCUT2D eigenvalue weighted by atomic mass is 19.1. The molecule has 1 unspecified atom stereocenters. The second kappa shape index (κ2) is 10.2. The summed E-state index contributed by atoms with van der Waals surface area (Å²) in [7, 11) is 0. The SMILES string of the molecule is CCN1CCC(=Cc2cnc(Nc3cc(-c4cc(F)c5c(c4)N(C(C)C)C(C)N5)ncn3)cn2)CC1. The molecule has 36 heavy (non-hydrogen) atoms. The van der Waals surface area contributed by atoms with E-state index in [0.29, 0.717) is 28.6 Å². The minimum absolute atomic E-state index is 0.0220. The molecule has 188 valence electrons. The van der Waals surface area contributed by atoms with Gasteiger partial charge in [-0.3, -0.25) is 4.98 Å². The van der Waals surface area contributed by atoms with Gasteiger partial charge in [0.1, 0.15) is 23.8 Å². The van der Waals surface area contributed by atoms with E-state index >= 15 is 0 Å². The Labute approximate surface area is 211 Å². The van der Waals surface area contributed by atoms with Gasteiger partial charge < -0.3 is 20.4 Å². The van der Waals surface area contributed by atoms with E-state index in [1.165, 1.54) is 18.0 Å². The maximum atomic E-state index is 15.0. The molecule has 0 spiro atoms.